The molecule has 27 heavy (non-hydrogen) atoms. The van der Waals surface area contributed by atoms with Gasteiger partial charge in [-0.15, -0.1) is 0 Å². The predicted octanol–water partition coefficient (Wildman–Crippen LogP) is 3.65. The molecule has 0 spiro atoms. The first-order valence-corrected chi connectivity index (χ1v) is 9.50. The second-order valence-electron chi connectivity index (χ2n) is 7.25. The minimum Gasteiger partial charge on any atom is -0.336 e. The van der Waals surface area contributed by atoms with E-state index in [4.69, 9.17) is 5.73 Å². The summed E-state index contributed by atoms with van der Waals surface area (Å²) in [7, 11) is 0. The van der Waals surface area contributed by atoms with Gasteiger partial charge in [0.2, 0.25) is 5.91 Å². The van der Waals surface area contributed by atoms with Crippen LogP contribution in [0, 0.1) is 6.92 Å². The molecule has 1 fully saturated rings. The number of nitrogens with two attached hydrogens (primary N) is 1. The molecule has 0 saturated carbocycles. The van der Waals surface area contributed by atoms with E-state index in [2.05, 4.69) is 12.2 Å². The number of rotatable bonds is 4. The molecule has 2 amide bonds. The number of aryl methyl sites for hydroxylation is 1. The third-order valence-corrected chi connectivity index (χ3v) is 5.24. The molecule has 1 aliphatic heterocycles. The van der Waals surface area contributed by atoms with Gasteiger partial charge in [0.05, 0.1) is 0 Å². The van der Waals surface area contributed by atoms with Crippen LogP contribution in [0.1, 0.15) is 53.7 Å². The van der Waals surface area contributed by atoms with Gasteiger partial charge in [0.25, 0.3) is 5.91 Å². The highest BCUT2D eigenvalue weighted by atomic mass is 16.2. The van der Waals surface area contributed by atoms with Crippen molar-refractivity contribution in [2.45, 2.75) is 45.2 Å². The summed E-state index contributed by atoms with van der Waals surface area (Å²) in [6, 6.07) is 14.2. The highest BCUT2D eigenvalue weighted by molar-refractivity contribution is 5.98. The molecule has 0 aliphatic carbocycles. The van der Waals surface area contributed by atoms with Crippen LogP contribution in [0.25, 0.3) is 0 Å². The van der Waals surface area contributed by atoms with E-state index in [9.17, 15) is 9.59 Å². The van der Waals surface area contributed by atoms with Crippen LogP contribution in [0.4, 0.5) is 5.69 Å². The lowest BCUT2D eigenvalue weighted by Crippen LogP contribution is -2.42. The number of hydrogen-bond acceptors (Lipinski definition) is 3. The van der Waals surface area contributed by atoms with Crippen molar-refractivity contribution in [3.8, 4) is 0 Å². The first-order valence-electron chi connectivity index (χ1n) is 9.50. The molecule has 1 heterocycles. The summed E-state index contributed by atoms with van der Waals surface area (Å²) in [5.41, 5.74) is 9.00. The van der Waals surface area contributed by atoms with Gasteiger partial charge >= 0.3 is 0 Å². The molecule has 5 nitrogen and oxygen atoms in total. The molecule has 0 radical (unpaired) electrons. The van der Waals surface area contributed by atoms with Gasteiger partial charge in [-0.25, -0.2) is 0 Å². The first kappa shape index (κ1) is 19.1. The van der Waals surface area contributed by atoms with Crippen LogP contribution in [0.2, 0.25) is 0 Å². The van der Waals surface area contributed by atoms with Crippen molar-refractivity contribution in [2.24, 2.45) is 5.73 Å². The number of amides is 2. The number of likely N-dealkylation sites (tertiary alicyclic amines) is 1. The van der Waals surface area contributed by atoms with Crippen molar-refractivity contribution in [1.29, 1.82) is 0 Å². The number of carbonyl (C=O) groups is 2. The Morgan fingerprint density at radius 2 is 1.89 bits per heavy atom. The summed E-state index contributed by atoms with van der Waals surface area (Å²) in [5, 5.41) is 2.87. The lowest BCUT2D eigenvalue weighted by Gasteiger charge is -2.33. The van der Waals surface area contributed by atoms with Gasteiger partial charge < -0.3 is 16.0 Å². The Hall–Kier alpha value is -2.66. The standard InChI is InChI=1S/C22H27N3O2/c1-15-14-18(22(27)25-13-7-6-8-16(25)2)11-12-19(15)24-21(26)20(23)17-9-4-3-5-10-17/h3-5,9-12,14,16,20H,6-8,13,23H2,1-2H3,(H,24,26). The van der Waals surface area contributed by atoms with Crippen LogP contribution in [0.15, 0.2) is 48.5 Å². The minimum absolute atomic E-state index is 0.0594. The molecule has 2 aromatic rings. The van der Waals surface area contributed by atoms with Gasteiger partial charge in [-0.3, -0.25) is 9.59 Å². The average molecular weight is 365 g/mol. The van der Waals surface area contributed by atoms with Gasteiger partial charge in [0.15, 0.2) is 0 Å². The van der Waals surface area contributed by atoms with Gasteiger partial charge in [0, 0.05) is 23.8 Å². The zero-order chi connectivity index (χ0) is 19.4. The molecular formula is C22H27N3O2. The van der Waals surface area contributed by atoms with E-state index in [1.807, 2.05) is 48.2 Å². The molecule has 142 valence electrons. The van der Waals surface area contributed by atoms with Gasteiger partial charge in [-0.05, 0) is 62.4 Å². The second kappa shape index (κ2) is 8.35. The Morgan fingerprint density at radius 3 is 2.56 bits per heavy atom. The lowest BCUT2D eigenvalue weighted by molar-refractivity contribution is -0.117. The van der Waals surface area contributed by atoms with E-state index in [0.29, 0.717) is 11.3 Å². The summed E-state index contributed by atoms with van der Waals surface area (Å²) >= 11 is 0. The molecule has 2 unspecified atom stereocenters. The zero-order valence-corrected chi connectivity index (χ0v) is 15.9. The lowest BCUT2D eigenvalue weighted by atomic mass is 10.0. The van der Waals surface area contributed by atoms with Crippen LogP contribution < -0.4 is 11.1 Å². The van der Waals surface area contributed by atoms with Gasteiger partial charge in [-0.2, -0.15) is 0 Å². The Labute approximate surface area is 160 Å². The van der Waals surface area contributed by atoms with Crippen LogP contribution in [-0.4, -0.2) is 29.3 Å². The fourth-order valence-electron chi connectivity index (χ4n) is 3.52. The Balaban J connectivity index is 1.71. The molecule has 0 bridgehead atoms. The molecule has 3 rings (SSSR count). The number of carbonyl (C=O) groups excluding carboxylic acids is 2. The van der Waals surface area contributed by atoms with E-state index in [1.165, 1.54) is 6.42 Å². The van der Waals surface area contributed by atoms with Gasteiger partial charge in [-0.1, -0.05) is 30.3 Å². The molecule has 1 saturated heterocycles. The quantitative estimate of drug-likeness (QED) is 0.868. The Kier molecular flexibility index (Phi) is 5.91. The number of piperidine rings is 1. The SMILES string of the molecule is Cc1cc(C(=O)N2CCCCC2C)ccc1NC(=O)C(N)c1ccccc1. The second-order valence-corrected chi connectivity index (χ2v) is 7.25. The normalized spacial score (nSPS) is 18.0. The maximum Gasteiger partial charge on any atom is 0.254 e. The molecule has 5 heteroatoms. The van der Waals surface area contributed by atoms with Crippen molar-refractivity contribution in [3.63, 3.8) is 0 Å². The first-order chi connectivity index (χ1) is 13.0. The summed E-state index contributed by atoms with van der Waals surface area (Å²) in [6.07, 6.45) is 3.29. The van der Waals surface area contributed by atoms with Crippen molar-refractivity contribution in [1.82, 2.24) is 4.90 Å². The molecule has 3 N–H and O–H groups in total. The Bertz CT molecular complexity index is 820. The van der Waals surface area contributed by atoms with Crippen molar-refractivity contribution < 1.29 is 9.59 Å². The highest BCUT2D eigenvalue weighted by Crippen LogP contribution is 2.23. The van der Waals surface area contributed by atoms with Crippen molar-refractivity contribution in [2.75, 3.05) is 11.9 Å². The van der Waals surface area contributed by atoms with Crippen LogP contribution in [-0.2, 0) is 4.79 Å². The monoisotopic (exact) mass is 365 g/mol. The van der Waals surface area contributed by atoms with E-state index in [1.54, 1.807) is 12.1 Å². The number of hydrogen-bond donors (Lipinski definition) is 2. The molecule has 1 aliphatic rings. The number of anilines is 1. The third-order valence-electron chi connectivity index (χ3n) is 5.24. The molecule has 2 atom stereocenters. The van der Waals surface area contributed by atoms with E-state index < -0.39 is 6.04 Å². The maximum atomic E-state index is 12.8. The number of nitrogens with zero attached hydrogens (tertiary/aromatic N) is 1. The fourth-order valence-corrected chi connectivity index (χ4v) is 3.52. The molecular weight excluding hydrogens is 338 g/mol. The summed E-state index contributed by atoms with van der Waals surface area (Å²) in [5.74, 6) is -0.211. The Morgan fingerprint density at radius 1 is 1.15 bits per heavy atom. The van der Waals surface area contributed by atoms with Crippen molar-refractivity contribution >= 4 is 17.5 Å². The van der Waals surface area contributed by atoms with Crippen LogP contribution >= 0.6 is 0 Å². The van der Waals surface area contributed by atoms with E-state index >= 15 is 0 Å². The topological polar surface area (TPSA) is 75.4 Å². The fraction of sp³-hybridized carbons (Fsp3) is 0.364. The van der Waals surface area contributed by atoms with Crippen LogP contribution in [0.5, 0.6) is 0 Å². The average Bonchev–Trinajstić information content (AvgIpc) is 2.69. The van der Waals surface area contributed by atoms with Crippen LogP contribution in [0.3, 0.4) is 0 Å². The zero-order valence-electron chi connectivity index (χ0n) is 15.9. The van der Waals surface area contributed by atoms with E-state index in [0.717, 1.165) is 30.5 Å². The van der Waals surface area contributed by atoms with Gasteiger partial charge in [0.1, 0.15) is 6.04 Å². The van der Waals surface area contributed by atoms with Crippen molar-refractivity contribution in [3.05, 3.63) is 65.2 Å². The largest absolute Gasteiger partial charge is 0.336 e. The number of nitrogens with one attached hydrogen (secondary N) is 1. The highest BCUT2D eigenvalue weighted by Gasteiger charge is 2.24. The smallest absolute Gasteiger partial charge is 0.254 e. The maximum absolute atomic E-state index is 12.8. The van der Waals surface area contributed by atoms with E-state index in [-0.39, 0.29) is 17.9 Å². The minimum atomic E-state index is -0.735. The predicted molar refractivity (Wildman–Crippen MR) is 108 cm³/mol. The summed E-state index contributed by atoms with van der Waals surface area (Å²) in [6.45, 7) is 4.80. The third kappa shape index (κ3) is 4.37. The summed E-state index contributed by atoms with van der Waals surface area (Å²) < 4.78 is 0. The number of benzene rings is 2. The molecule has 0 aromatic heterocycles. The molecule has 2 aromatic carbocycles. The summed E-state index contributed by atoms with van der Waals surface area (Å²) in [4.78, 5) is 27.2.